The third-order valence-electron chi connectivity index (χ3n) is 5.26. The predicted octanol–water partition coefficient (Wildman–Crippen LogP) is 1.000. The van der Waals surface area contributed by atoms with E-state index < -0.39 is 10.0 Å². The Morgan fingerprint density at radius 3 is 2.17 bits per heavy atom. The molecule has 0 radical (unpaired) electrons. The van der Waals surface area contributed by atoms with E-state index in [1.54, 1.807) is 4.90 Å². The molecule has 0 bridgehead atoms. The van der Waals surface area contributed by atoms with Crippen molar-refractivity contribution in [3.63, 3.8) is 0 Å². The summed E-state index contributed by atoms with van der Waals surface area (Å²) in [7, 11) is -3.64. The number of sulfonamides is 1. The van der Waals surface area contributed by atoms with Crippen molar-refractivity contribution < 1.29 is 18.0 Å². The third-order valence-corrected chi connectivity index (χ3v) is 7.17. The predicted molar refractivity (Wildman–Crippen MR) is 112 cm³/mol. The van der Waals surface area contributed by atoms with Crippen molar-refractivity contribution in [2.45, 2.75) is 38.6 Å². The molecule has 1 heterocycles. The zero-order valence-corrected chi connectivity index (χ0v) is 18.5. The quantitative estimate of drug-likeness (QED) is 0.672. The Hall–Kier alpha value is -1.97. The highest BCUT2D eigenvalue weighted by molar-refractivity contribution is 7.89. The molecule has 1 fully saturated rings. The molecule has 9 heteroatoms. The summed E-state index contributed by atoms with van der Waals surface area (Å²) in [5, 5.41) is 2.88. The number of piperazine rings is 1. The van der Waals surface area contributed by atoms with Gasteiger partial charge in [0.2, 0.25) is 15.9 Å². The van der Waals surface area contributed by atoms with Crippen LogP contribution in [0.3, 0.4) is 0 Å². The van der Waals surface area contributed by atoms with Gasteiger partial charge in [-0.2, -0.15) is 4.31 Å². The van der Waals surface area contributed by atoms with Crippen LogP contribution in [0.25, 0.3) is 0 Å². The van der Waals surface area contributed by atoms with Crippen LogP contribution in [0, 0.1) is 0 Å². The lowest BCUT2D eigenvalue weighted by Crippen LogP contribution is -2.49. The van der Waals surface area contributed by atoms with Crippen LogP contribution in [-0.4, -0.2) is 86.2 Å². The van der Waals surface area contributed by atoms with Gasteiger partial charge in [-0.05, 0) is 44.7 Å². The molecule has 0 saturated carbocycles. The van der Waals surface area contributed by atoms with Gasteiger partial charge in [-0.3, -0.25) is 14.5 Å². The maximum Gasteiger partial charge on any atom is 0.251 e. The lowest BCUT2D eigenvalue weighted by Gasteiger charge is -2.33. The van der Waals surface area contributed by atoms with E-state index >= 15 is 0 Å². The maximum atomic E-state index is 12.8. The third kappa shape index (κ3) is 6.01. The normalized spacial score (nSPS) is 15.7. The molecule has 0 spiro atoms. The number of carbonyl (C=O) groups is 2. The van der Waals surface area contributed by atoms with Gasteiger partial charge in [0, 0.05) is 57.8 Å². The van der Waals surface area contributed by atoms with Crippen LogP contribution in [0.2, 0.25) is 0 Å². The zero-order chi connectivity index (χ0) is 21.6. The summed E-state index contributed by atoms with van der Waals surface area (Å²) in [6.45, 7) is 11.3. The van der Waals surface area contributed by atoms with Crippen molar-refractivity contribution in [1.82, 2.24) is 19.4 Å². The first-order valence-electron chi connectivity index (χ1n) is 10.0. The Bertz CT molecular complexity index is 800. The van der Waals surface area contributed by atoms with Crippen molar-refractivity contribution in [3.05, 3.63) is 29.8 Å². The fourth-order valence-electron chi connectivity index (χ4n) is 3.37. The highest BCUT2D eigenvalue weighted by Gasteiger charge is 2.29. The van der Waals surface area contributed by atoms with Crippen molar-refractivity contribution >= 4 is 21.8 Å². The molecule has 1 saturated heterocycles. The number of carbonyl (C=O) groups excluding carboxylic acids is 2. The van der Waals surface area contributed by atoms with Crippen LogP contribution in [0.5, 0.6) is 0 Å². The van der Waals surface area contributed by atoms with Crippen molar-refractivity contribution in [2.24, 2.45) is 0 Å². The number of amides is 2. The van der Waals surface area contributed by atoms with Gasteiger partial charge in [-0.15, -0.1) is 0 Å². The Labute approximate surface area is 173 Å². The monoisotopic (exact) mass is 424 g/mol. The van der Waals surface area contributed by atoms with Crippen LogP contribution >= 0.6 is 0 Å². The number of nitrogens with zero attached hydrogens (tertiary/aromatic N) is 3. The van der Waals surface area contributed by atoms with Crippen LogP contribution in [0.1, 0.15) is 38.1 Å². The Morgan fingerprint density at radius 1 is 1.10 bits per heavy atom. The van der Waals surface area contributed by atoms with E-state index in [9.17, 15) is 18.0 Å². The molecule has 1 aromatic rings. The Morgan fingerprint density at radius 2 is 1.69 bits per heavy atom. The van der Waals surface area contributed by atoms with E-state index in [-0.39, 0.29) is 29.8 Å². The molecule has 1 aliphatic heterocycles. The number of hydrogen-bond acceptors (Lipinski definition) is 5. The van der Waals surface area contributed by atoms with Crippen LogP contribution in [-0.2, 0) is 14.8 Å². The summed E-state index contributed by atoms with van der Waals surface area (Å²) in [4.78, 5) is 27.8. The van der Waals surface area contributed by atoms with Gasteiger partial charge in [0.15, 0.2) is 0 Å². The lowest BCUT2D eigenvalue weighted by atomic mass is 10.2. The average molecular weight is 425 g/mol. The van der Waals surface area contributed by atoms with E-state index in [2.05, 4.69) is 31.0 Å². The first-order valence-corrected chi connectivity index (χ1v) is 11.5. The second kappa shape index (κ2) is 10.2. The van der Waals surface area contributed by atoms with E-state index in [0.29, 0.717) is 31.2 Å². The standard InChI is InChI=1S/C20H32N4O4S/c1-5-22(16(2)3)11-10-21-20(26)18-6-8-19(9-7-18)29(27,28)24-14-12-23(13-15-24)17(4)25/h6-9,16H,5,10-15H2,1-4H3,(H,21,26). The van der Waals surface area contributed by atoms with Gasteiger partial charge in [0.05, 0.1) is 4.90 Å². The van der Waals surface area contributed by atoms with Crippen LogP contribution < -0.4 is 5.32 Å². The van der Waals surface area contributed by atoms with E-state index in [1.165, 1.54) is 35.5 Å². The van der Waals surface area contributed by atoms with Gasteiger partial charge in [0.25, 0.3) is 5.91 Å². The Kier molecular flexibility index (Phi) is 8.18. The topological polar surface area (TPSA) is 90.0 Å². The van der Waals surface area contributed by atoms with Crippen molar-refractivity contribution in [3.8, 4) is 0 Å². The largest absolute Gasteiger partial charge is 0.351 e. The lowest BCUT2D eigenvalue weighted by molar-refractivity contribution is -0.129. The molecule has 1 aromatic carbocycles. The molecular formula is C20H32N4O4S. The van der Waals surface area contributed by atoms with Gasteiger partial charge in [-0.25, -0.2) is 8.42 Å². The molecule has 2 rings (SSSR count). The number of likely N-dealkylation sites (N-methyl/N-ethyl adjacent to an activating group) is 1. The number of rotatable bonds is 8. The summed E-state index contributed by atoms with van der Waals surface area (Å²) in [5.74, 6) is -0.267. The van der Waals surface area contributed by atoms with Crippen molar-refractivity contribution in [2.75, 3.05) is 45.8 Å². The number of benzene rings is 1. The minimum Gasteiger partial charge on any atom is -0.351 e. The average Bonchev–Trinajstić information content (AvgIpc) is 2.71. The summed E-state index contributed by atoms with van der Waals surface area (Å²) >= 11 is 0. The molecule has 29 heavy (non-hydrogen) atoms. The van der Waals surface area contributed by atoms with Crippen LogP contribution in [0.4, 0.5) is 0 Å². The molecule has 0 unspecified atom stereocenters. The molecule has 2 amide bonds. The van der Waals surface area contributed by atoms with Gasteiger partial charge >= 0.3 is 0 Å². The SMILES string of the molecule is CCN(CCNC(=O)c1ccc(S(=O)(=O)N2CCN(C(C)=O)CC2)cc1)C(C)C. The molecule has 0 aliphatic carbocycles. The van der Waals surface area contributed by atoms with E-state index in [4.69, 9.17) is 0 Å². The van der Waals surface area contributed by atoms with Gasteiger partial charge < -0.3 is 10.2 Å². The summed E-state index contributed by atoms with van der Waals surface area (Å²) in [6.07, 6.45) is 0. The molecule has 1 N–H and O–H groups in total. The highest BCUT2D eigenvalue weighted by atomic mass is 32.2. The van der Waals surface area contributed by atoms with Gasteiger partial charge in [-0.1, -0.05) is 6.92 Å². The molecule has 0 atom stereocenters. The second-order valence-corrected chi connectivity index (χ2v) is 9.35. The van der Waals surface area contributed by atoms with Gasteiger partial charge in [0.1, 0.15) is 0 Å². The zero-order valence-electron chi connectivity index (χ0n) is 17.7. The first-order chi connectivity index (χ1) is 13.7. The molecule has 8 nitrogen and oxygen atoms in total. The van der Waals surface area contributed by atoms with E-state index in [0.717, 1.165) is 13.1 Å². The molecular weight excluding hydrogens is 392 g/mol. The molecule has 1 aliphatic rings. The van der Waals surface area contributed by atoms with E-state index in [1.807, 2.05) is 0 Å². The second-order valence-electron chi connectivity index (χ2n) is 7.41. The van der Waals surface area contributed by atoms with Crippen molar-refractivity contribution in [1.29, 1.82) is 0 Å². The maximum absolute atomic E-state index is 12.8. The minimum atomic E-state index is -3.64. The number of nitrogens with one attached hydrogen (secondary N) is 1. The molecule has 162 valence electrons. The smallest absolute Gasteiger partial charge is 0.251 e. The highest BCUT2D eigenvalue weighted by Crippen LogP contribution is 2.18. The summed E-state index contributed by atoms with van der Waals surface area (Å²) in [5.41, 5.74) is 0.429. The molecule has 0 aromatic heterocycles. The minimum absolute atomic E-state index is 0.0483. The first kappa shape index (κ1) is 23.3. The fourth-order valence-corrected chi connectivity index (χ4v) is 4.79. The summed E-state index contributed by atoms with van der Waals surface area (Å²) < 4.78 is 27.0. The fraction of sp³-hybridized carbons (Fsp3) is 0.600. The summed E-state index contributed by atoms with van der Waals surface area (Å²) in [6, 6.07) is 6.42. The van der Waals surface area contributed by atoms with Crippen LogP contribution in [0.15, 0.2) is 29.2 Å². The number of hydrogen-bond donors (Lipinski definition) is 1. The Balaban J connectivity index is 1.95.